The van der Waals surface area contributed by atoms with Gasteiger partial charge in [-0.05, 0) is 0 Å². The second kappa shape index (κ2) is 4.28. The van der Waals surface area contributed by atoms with Gasteiger partial charge in [-0.3, -0.25) is 0 Å². The van der Waals surface area contributed by atoms with E-state index in [0.29, 0.717) is 16.0 Å². The number of anilines is 1. The molecule has 4 heteroatoms. The van der Waals surface area contributed by atoms with Gasteiger partial charge in [0.1, 0.15) is 0 Å². The normalized spacial score (nSPS) is 9.57. The van der Waals surface area contributed by atoms with Gasteiger partial charge >= 0.3 is 0 Å². The molecule has 0 amide bonds. The van der Waals surface area contributed by atoms with Gasteiger partial charge in [-0.15, -0.1) is 0 Å². The van der Waals surface area contributed by atoms with Crippen molar-refractivity contribution in [1.82, 2.24) is 4.98 Å². The summed E-state index contributed by atoms with van der Waals surface area (Å²) in [5.74, 6) is 0.491. The predicted octanol–water partition coefficient (Wildman–Crippen LogP) is 2.68. The van der Waals surface area contributed by atoms with Gasteiger partial charge in [-0.2, -0.15) is 0 Å². The van der Waals surface area contributed by atoms with Crippen molar-refractivity contribution in [2.45, 2.75) is 0 Å². The number of nitrogens with two attached hydrogens (primary N) is 1. The standard InChI is InChI=1S/C10H11BrN2O/c1-4-7-9(6(2)11)8(12)5-13-10(7)14-3/h4-5H,1-2,12H2,3H3. The third-order valence-electron chi connectivity index (χ3n) is 1.78. The first-order valence-corrected chi connectivity index (χ1v) is 4.70. The molecule has 0 fully saturated rings. The summed E-state index contributed by atoms with van der Waals surface area (Å²) in [5.41, 5.74) is 7.82. The van der Waals surface area contributed by atoms with Crippen LogP contribution < -0.4 is 10.5 Å². The Morgan fingerprint density at radius 1 is 1.71 bits per heavy atom. The summed E-state index contributed by atoms with van der Waals surface area (Å²) < 4.78 is 5.77. The highest BCUT2D eigenvalue weighted by atomic mass is 79.9. The van der Waals surface area contributed by atoms with E-state index < -0.39 is 0 Å². The van der Waals surface area contributed by atoms with E-state index in [9.17, 15) is 0 Å². The number of pyridine rings is 1. The van der Waals surface area contributed by atoms with Crippen molar-refractivity contribution in [3.63, 3.8) is 0 Å². The molecule has 0 aliphatic heterocycles. The van der Waals surface area contributed by atoms with Crippen LogP contribution in [0.3, 0.4) is 0 Å². The first-order chi connectivity index (χ1) is 6.61. The van der Waals surface area contributed by atoms with E-state index >= 15 is 0 Å². The summed E-state index contributed by atoms with van der Waals surface area (Å²) in [4.78, 5) is 4.03. The SMILES string of the molecule is C=Cc1c(OC)ncc(N)c1C(=C)Br. The molecule has 0 aromatic carbocycles. The van der Waals surface area contributed by atoms with E-state index in [4.69, 9.17) is 10.5 Å². The Balaban J connectivity index is 3.50. The second-order valence-electron chi connectivity index (χ2n) is 2.62. The Morgan fingerprint density at radius 2 is 2.36 bits per heavy atom. The number of aromatic nitrogens is 1. The van der Waals surface area contributed by atoms with Crippen molar-refractivity contribution in [3.8, 4) is 5.88 Å². The molecule has 1 aromatic rings. The Hall–Kier alpha value is -1.29. The zero-order valence-corrected chi connectivity index (χ0v) is 9.47. The predicted molar refractivity (Wildman–Crippen MR) is 63.3 cm³/mol. The second-order valence-corrected chi connectivity index (χ2v) is 3.58. The maximum Gasteiger partial charge on any atom is 0.221 e. The summed E-state index contributed by atoms with van der Waals surface area (Å²) in [6, 6.07) is 0. The van der Waals surface area contributed by atoms with Crippen molar-refractivity contribution >= 4 is 32.2 Å². The topological polar surface area (TPSA) is 48.1 Å². The van der Waals surface area contributed by atoms with Gasteiger partial charge < -0.3 is 10.5 Å². The van der Waals surface area contributed by atoms with Crippen molar-refractivity contribution in [2.24, 2.45) is 0 Å². The monoisotopic (exact) mass is 254 g/mol. The van der Waals surface area contributed by atoms with Crippen LogP contribution in [-0.2, 0) is 0 Å². The molecule has 14 heavy (non-hydrogen) atoms. The van der Waals surface area contributed by atoms with Crippen LogP contribution in [0.15, 0.2) is 19.4 Å². The minimum Gasteiger partial charge on any atom is -0.481 e. The molecule has 0 saturated carbocycles. The summed E-state index contributed by atoms with van der Waals surface area (Å²) in [7, 11) is 1.55. The Morgan fingerprint density at radius 3 is 2.79 bits per heavy atom. The Kier molecular flexibility index (Phi) is 3.30. The van der Waals surface area contributed by atoms with Crippen LogP contribution in [0.5, 0.6) is 5.88 Å². The smallest absolute Gasteiger partial charge is 0.221 e. The number of methoxy groups -OCH3 is 1. The maximum absolute atomic E-state index is 5.76. The lowest BCUT2D eigenvalue weighted by molar-refractivity contribution is 0.397. The van der Waals surface area contributed by atoms with Gasteiger partial charge in [-0.25, -0.2) is 4.98 Å². The summed E-state index contributed by atoms with van der Waals surface area (Å²) in [5, 5.41) is 0. The number of halogens is 1. The molecule has 0 aliphatic carbocycles. The zero-order valence-electron chi connectivity index (χ0n) is 7.88. The molecule has 1 heterocycles. The third kappa shape index (κ3) is 1.80. The van der Waals surface area contributed by atoms with Crippen LogP contribution >= 0.6 is 15.9 Å². The molecule has 0 atom stereocenters. The van der Waals surface area contributed by atoms with E-state index in [1.807, 2.05) is 0 Å². The van der Waals surface area contributed by atoms with Gasteiger partial charge in [0.15, 0.2) is 0 Å². The van der Waals surface area contributed by atoms with Crippen molar-refractivity contribution in [2.75, 3.05) is 12.8 Å². The third-order valence-corrected chi connectivity index (χ3v) is 2.17. The van der Waals surface area contributed by atoms with Gasteiger partial charge in [0.05, 0.1) is 19.0 Å². The lowest BCUT2D eigenvalue weighted by atomic mass is 10.1. The van der Waals surface area contributed by atoms with E-state index in [-0.39, 0.29) is 0 Å². The zero-order chi connectivity index (χ0) is 10.7. The number of rotatable bonds is 3. The summed E-state index contributed by atoms with van der Waals surface area (Å²) >= 11 is 3.28. The molecule has 0 bridgehead atoms. The van der Waals surface area contributed by atoms with Crippen molar-refractivity contribution < 1.29 is 4.74 Å². The number of hydrogen-bond acceptors (Lipinski definition) is 3. The van der Waals surface area contributed by atoms with Gasteiger partial charge in [-0.1, -0.05) is 35.2 Å². The fraction of sp³-hybridized carbons (Fsp3) is 0.100. The van der Waals surface area contributed by atoms with Crippen LogP contribution in [0.1, 0.15) is 11.1 Å². The largest absolute Gasteiger partial charge is 0.481 e. The van der Waals surface area contributed by atoms with Crippen LogP contribution in [0.2, 0.25) is 0 Å². The molecule has 0 radical (unpaired) electrons. The highest BCUT2D eigenvalue weighted by Gasteiger charge is 2.12. The van der Waals surface area contributed by atoms with Crippen LogP contribution in [0, 0.1) is 0 Å². The number of nitrogen functional groups attached to an aromatic ring is 1. The molecule has 0 saturated heterocycles. The average molecular weight is 255 g/mol. The first kappa shape index (κ1) is 10.8. The van der Waals surface area contributed by atoms with Crippen LogP contribution in [0.25, 0.3) is 10.6 Å². The van der Waals surface area contributed by atoms with E-state index in [1.54, 1.807) is 13.2 Å². The molecule has 1 rings (SSSR count). The first-order valence-electron chi connectivity index (χ1n) is 3.91. The van der Waals surface area contributed by atoms with Gasteiger partial charge in [0.25, 0.3) is 0 Å². The number of hydrogen-bond donors (Lipinski definition) is 1. The maximum atomic E-state index is 5.76. The van der Waals surface area contributed by atoms with Gasteiger partial charge in [0.2, 0.25) is 5.88 Å². The minimum atomic E-state index is 0.491. The van der Waals surface area contributed by atoms with E-state index in [1.165, 1.54) is 6.20 Å². The number of nitrogens with zero attached hydrogens (tertiary/aromatic N) is 1. The van der Waals surface area contributed by atoms with E-state index in [0.717, 1.165) is 11.1 Å². The molecule has 0 unspecified atom stereocenters. The number of ether oxygens (including phenoxy) is 1. The fourth-order valence-corrected chi connectivity index (χ4v) is 1.62. The molecule has 74 valence electrons. The highest BCUT2D eigenvalue weighted by molar-refractivity contribution is 9.15. The van der Waals surface area contributed by atoms with E-state index in [2.05, 4.69) is 34.1 Å². The summed E-state index contributed by atoms with van der Waals surface area (Å²) in [6.07, 6.45) is 3.18. The minimum absolute atomic E-state index is 0.491. The van der Waals surface area contributed by atoms with Crippen molar-refractivity contribution in [1.29, 1.82) is 0 Å². The Bertz CT molecular complexity index is 388. The molecule has 1 aromatic heterocycles. The Labute approximate surface area is 91.4 Å². The fourth-order valence-electron chi connectivity index (χ4n) is 1.18. The molecule has 3 nitrogen and oxygen atoms in total. The average Bonchev–Trinajstić information content (AvgIpc) is 2.16. The van der Waals surface area contributed by atoms with Crippen LogP contribution in [0.4, 0.5) is 5.69 Å². The lowest BCUT2D eigenvalue weighted by Crippen LogP contribution is -1.99. The molecule has 2 N–H and O–H groups in total. The molecule has 0 aliphatic rings. The lowest BCUT2D eigenvalue weighted by Gasteiger charge is -2.11. The quantitative estimate of drug-likeness (QED) is 0.903. The van der Waals surface area contributed by atoms with Crippen LogP contribution in [-0.4, -0.2) is 12.1 Å². The molecular formula is C10H11BrN2O. The van der Waals surface area contributed by atoms with Crippen molar-refractivity contribution in [3.05, 3.63) is 30.5 Å². The highest BCUT2D eigenvalue weighted by Crippen LogP contribution is 2.33. The summed E-state index contributed by atoms with van der Waals surface area (Å²) in [6.45, 7) is 7.46. The molecule has 0 spiro atoms. The molecular weight excluding hydrogens is 244 g/mol. The van der Waals surface area contributed by atoms with Gasteiger partial charge in [0, 0.05) is 15.6 Å².